The third kappa shape index (κ3) is 3.01. The molecular weight excluding hydrogens is 357 g/mol. The minimum absolute atomic E-state index is 0.102. The standard InChI is InChI=1S/C23H22FNO3/c1-23(22(27)28-15-16-7-3-2-4-8-16)21(26)19-9-5-6-10-20(19)25(23)18-13-11-17(24)12-14-18/h2-4,7-8,11-14H,5-6,9-10,15H2,1H3. The van der Waals surface area contributed by atoms with E-state index in [1.165, 1.54) is 12.1 Å². The van der Waals surface area contributed by atoms with Crippen LogP contribution in [0.2, 0.25) is 0 Å². The lowest BCUT2D eigenvalue weighted by atomic mass is 9.90. The summed E-state index contributed by atoms with van der Waals surface area (Å²) in [4.78, 5) is 28.2. The van der Waals surface area contributed by atoms with Gasteiger partial charge in [0.25, 0.3) is 0 Å². The summed E-state index contributed by atoms with van der Waals surface area (Å²) in [6.07, 6.45) is 3.27. The SMILES string of the molecule is CC1(C(=O)OCc2ccccc2)C(=O)C2=C(CCCC2)N1c1ccc(F)cc1. The van der Waals surface area contributed by atoms with Crippen LogP contribution in [0.15, 0.2) is 65.9 Å². The Morgan fingerprint density at radius 2 is 1.75 bits per heavy atom. The normalized spacial score (nSPS) is 21.6. The van der Waals surface area contributed by atoms with E-state index < -0.39 is 11.5 Å². The number of hydrogen-bond donors (Lipinski definition) is 0. The van der Waals surface area contributed by atoms with Crippen molar-refractivity contribution in [2.45, 2.75) is 44.8 Å². The molecule has 0 N–H and O–H groups in total. The Labute approximate surface area is 163 Å². The van der Waals surface area contributed by atoms with Gasteiger partial charge in [0.1, 0.15) is 12.4 Å². The third-order valence-corrected chi connectivity index (χ3v) is 5.57. The Balaban J connectivity index is 1.69. The quantitative estimate of drug-likeness (QED) is 0.578. The Bertz CT molecular complexity index is 936. The molecule has 2 aromatic rings. The molecule has 0 fully saturated rings. The van der Waals surface area contributed by atoms with Crippen molar-refractivity contribution < 1.29 is 18.7 Å². The van der Waals surface area contributed by atoms with Crippen LogP contribution in [0.1, 0.15) is 38.2 Å². The first-order valence-electron chi connectivity index (χ1n) is 9.55. The highest BCUT2D eigenvalue weighted by molar-refractivity contribution is 6.22. The Kier molecular flexibility index (Phi) is 4.75. The molecule has 28 heavy (non-hydrogen) atoms. The number of anilines is 1. The van der Waals surface area contributed by atoms with Gasteiger partial charge in [-0.15, -0.1) is 0 Å². The van der Waals surface area contributed by atoms with Crippen LogP contribution >= 0.6 is 0 Å². The molecule has 5 heteroatoms. The molecule has 1 unspecified atom stereocenters. The van der Waals surface area contributed by atoms with Crippen LogP contribution in [0.5, 0.6) is 0 Å². The number of halogens is 1. The van der Waals surface area contributed by atoms with Gasteiger partial charge in [-0.2, -0.15) is 0 Å². The van der Waals surface area contributed by atoms with Gasteiger partial charge in [-0.25, -0.2) is 9.18 Å². The number of carbonyl (C=O) groups excluding carboxylic acids is 2. The second kappa shape index (κ2) is 7.23. The van der Waals surface area contributed by atoms with Crippen LogP contribution in [-0.4, -0.2) is 17.3 Å². The monoisotopic (exact) mass is 379 g/mol. The molecule has 0 aromatic heterocycles. The van der Waals surface area contributed by atoms with Crippen molar-refractivity contribution in [3.8, 4) is 0 Å². The second-order valence-corrected chi connectivity index (χ2v) is 7.41. The van der Waals surface area contributed by atoms with Crippen LogP contribution in [0.4, 0.5) is 10.1 Å². The number of benzene rings is 2. The lowest BCUT2D eigenvalue weighted by Crippen LogP contribution is -2.54. The topological polar surface area (TPSA) is 46.6 Å². The first-order chi connectivity index (χ1) is 13.5. The average molecular weight is 379 g/mol. The van der Waals surface area contributed by atoms with E-state index in [0.29, 0.717) is 17.7 Å². The number of esters is 1. The van der Waals surface area contributed by atoms with Crippen molar-refractivity contribution in [1.82, 2.24) is 0 Å². The molecule has 0 amide bonds. The predicted octanol–water partition coefficient (Wildman–Crippen LogP) is 4.55. The van der Waals surface area contributed by atoms with E-state index in [0.717, 1.165) is 30.5 Å². The van der Waals surface area contributed by atoms with E-state index in [4.69, 9.17) is 4.74 Å². The molecule has 144 valence electrons. The number of Topliss-reactive ketones (excluding diaryl/α,β-unsaturated/α-hetero) is 1. The fourth-order valence-corrected chi connectivity index (χ4v) is 4.10. The van der Waals surface area contributed by atoms with Gasteiger partial charge in [-0.1, -0.05) is 30.3 Å². The fourth-order valence-electron chi connectivity index (χ4n) is 4.10. The Hall–Kier alpha value is -2.95. The van der Waals surface area contributed by atoms with E-state index >= 15 is 0 Å². The van der Waals surface area contributed by atoms with Gasteiger partial charge in [0.15, 0.2) is 5.78 Å². The summed E-state index contributed by atoms with van der Waals surface area (Å²) in [6, 6.07) is 15.3. The molecule has 0 spiro atoms. The molecule has 4 rings (SSSR count). The minimum Gasteiger partial charge on any atom is -0.459 e. The van der Waals surface area contributed by atoms with Crippen LogP contribution < -0.4 is 4.90 Å². The first kappa shape index (κ1) is 18.4. The van der Waals surface area contributed by atoms with Crippen molar-refractivity contribution in [1.29, 1.82) is 0 Å². The number of ether oxygens (including phenoxy) is 1. The summed E-state index contributed by atoms with van der Waals surface area (Å²) in [6.45, 7) is 1.72. The molecule has 1 aliphatic heterocycles. The summed E-state index contributed by atoms with van der Waals surface area (Å²) < 4.78 is 19.0. The van der Waals surface area contributed by atoms with Crippen LogP contribution in [-0.2, 0) is 20.9 Å². The lowest BCUT2D eigenvalue weighted by Gasteiger charge is -2.35. The fraction of sp³-hybridized carbons (Fsp3) is 0.304. The number of carbonyl (C=O) groups is 2. The molecule has 2 aliphatic rings. The molecule has 1 atom stereocenters. The minimum atomic E-state index is -1.47. The van der Waals surface area contributed by atoms with Gasteiger partial charge < -0.3 is 9.64 Å². The largest absolute Gasteiger partial charge is 0.459 e. The van der Waals surface area contributed by atoms with Crippen LogP contribution in [0.25, 0.3) is 0 Å². The van der Waals surface area contributed by atoms with Crippen molar-refractivity contribution in [2.24, 2.45) is 0 Å². The molecule has 1 aliphatic carbocycles. The molecule has 0 saturated heterocycles. The highest BCUT2D eigenvalue weighted by Gasteiger charge is 2.56. The van der Waals surface area contributed by atoms with E-state index in [9.17, 15) is 14.0 Å². The summed E-state index contributed by atoms with van der Waals surface area (Å²) in [5.74, 6) is -1.15. The maximum atomic E-state index is 13.5. The van der Waals surface area contributed by atoms with Crippen molar-refractivity contribution in [2.75, 3.05) is 4.90 Å². The number of hydrogen-bond acceptors (Lipinski definition) is 4. The van der Waals surface area contributed by atoms with E-state index in [1.807, 2.05) is 30.3 Å². The summed E-state index contributed by atoms with van der Waals surface area (Å²) in [5, 5.41) is 0. The van der Waals surface area contributed by atoms with Crippen molar-refractivity contribution in [3.63, 3.8) is 0 Å². The number of rotatable bonds is 4. The number of ketones is 1. The molecule has 0 bridgehead atoms. The van der Waals surface area contributed by atoms with Gasteiger partial charge in [0.05, 0.1) is 0 Å². The number of nitrogens with zero attached hydrogens (tertiary/aromatic N) is 1. The summed E-state index contributed by atoms with van der Waals surface area (Å²) >= 11 is 0. The van der Waals surface area contributed by atoms with Crippen LogP contribution in [0.3, 0.4) is 0 Å². The zero-order chi connectivity index (χ0) is 19.7. The predicted molar refractivity (Wildman–Crippen MR) is 104 cm³/mol. The Morgan fingerprint density at radius 1 is 1.07 bits per heavy atom. The van der Waals surface area contributed by atoms with Gasteiger partial charge in [0.2, 0.25) is 5.54 Å². The molecule has 0 radical (unpaired) electrons. The highest BCUT2D eigenvalue weighted by Crippen LogP contribution is 2.45. The second-order valence-electron chi connectivity index (χ2n) is 7.41. The highest BCUT2D eigenvalue weighted by atomic mass is 19.1. The molecule has 4 nitrogen and oxygen atoms in total. The van der Waals surface area contributed by atoms with E-state index in [1.54, 1.807) is 24.0 Å². The smallest absolute Gasteiger partial charge is 0.340 e. The lowest BCUT2D eigenvalue weighted by molar-refractivity contribution is -0.153. The van der Waals surface area contributed by atoms with Gasteiger partial charge >= 0.3 is 5.97 Å². The maximum Gasteiger partial charge on any atom is 0.340 e. The van der Waals surface area contributed by atoms with Gasteiger partial charge in [-0.05, 0) is 62.4 Å². The Morgan fingerprint density at radius 3 is 2.46 bits per heavy atom. The molecule has 0 saturated carbocycles. The summed E-state index contributed by atoms with van der Waals surface area (Å²) in [5.41, 5.74) is 1.58. The molecular formula is C23H22FNO3. The van der Waals surface area contributed by atoms with Crippen LogP contribution in [0, 0.1) is 5.82 Å². The number of allylic oxidation sites excluding steroid dienone is 1. The van der Waals surface area contributed by atoms with E-state index in [-0.39, 0.29) is 18.2 Å². The molecule has 1 heterocycles. The van der Waals surface area contributed by atoms with Gasteiger partial charge in [0, 0.05) is 17.0 Å². The van der Waals surface area contributed by atoms with Crippen molar-refractivity contribution >= 4 is 17.4 Å². The van der Waals surface area contributed by atoms with E-state index in [2.05, 4.69) is 0 Å². The summed E-state index contributed by atoms with van der Waals surface area (Å²) in [7, 11) is 0. The average Bonchev–Trinajstić information content (AvgIpc) is 2.96. The zero-order valence-corrected chi connectivity index (χ0v) is 15.8. The zero-order valence-electron chi connectivity index (χ0n) is 15.8. The third-order valence-electron chi connectivity index (χ3n) is 5.57. The molecule has 2 aromatic carbocycles. The first-order valence-corrected chi connectivity index (χ1v) is 9.55. The van der Waals surface area contributed by atoms with Crippen molar-refractivity contribution in [3.05, 3.63) is 77.2 Å². The maximum absolute atomic E-state index is 13.5. The van der Waals surface area contributed by atoms with Gasteiger partial charge in [-0.3, -0.25) is 4.79 Å².